The number of aromatic nitrogens is 3. The maximum absolute atomic E-state index is 11.8. The molecule has 0 fully saturated rings. The Labute approximate surface area is 122 Å². The number of hydrogen-bond acceptors (Lipinski definition) is 5. The van der Waals surface area contributed by atoms with Crippen LogP contribution in [0.1, 0.15) is 11.3 Å². The molecule has 0 saturated heterocycles. The van der Waals surface area contributed by atoms with Crippen molar-refractivity contribution in [3.05, 3.63) is 47.8 Å². The first kappa shape index (κ1) is 15.0. The van der Waals surface area contributed by atoms with Gasteiger partial charge in [0.1, 0.15) is 12.3 Å². The first-order chi connectivity index (χ1) is 10.2. The van der Waals surface area contributed by atoms with E-state index in [0.29, 0.717) is 18.8 Å². The van der Waals surface area contributed by atoms with E-state index in [0.717, 1.165) is 5.56 Å². The minimum atomic E-state index is -0.388. The van der Waals surface area contributed by atoms with Gasteiger partial charge in [-0.15, -0.1) is 5.10 Å². The van der Waals surface area contributed by atoms with E-state index < -0.39 is 0 Å². The second-order valence-corrected chi connectivity index (χ2v) is 4.59. The zero-order valence-electron chi connectivity index (χ0n) is 11.8. The zero-order valence-corrected chi connectivity index (χ0v) is 11.8. The molecule has 0 unspecified atom stereocenters. The summed E-state index contributed by atoms with van der Waals surface area (Å²) < 4.78 is 6.78. The van der Waals surface area contributed by atoms with E-state index in [1.807, 2.05) is 30.3 Å². The molecule has 1 aromatic heterocycles. The molecule has 1 aromatic carbocycles. The summed E-state index contributed by atoms with van der Waals surface area (Å²) in [6, 6.07) is 9.51. The standard InChI is InChI=1S/C14H18N4O3/c1-17(7-8-18-9-13(10-19)15-16-18)14(20)21-11-12-5-3-2-4-6-12/h2-6,9,19H,7-8,10-11H2,1H3. The SMILES string of the molecule is CN(CCn1cc(CO)nn1)C(=O)OCc1ccccc1. The lowest BCUT2D eigenvalue weighted by atomic mass is 10.2. The van der Waals surface area contributed by atoms with Gasteiger partial charge in [0.2, 0.25) is 0 Å². The fourth-order valence-electron chi connectivity index (χ4n) is 1.69. The normalized spacial score (nSPS) is 10.4. The quantitative estimate of drug-likeness (QED) is 0.859. The molecule has 0 saturated carbocycles. The molecule has 0 radical (unpaired) electrons. The number of carbonyl (C=O) groups excluding carboxylic acids is 1. The molecule has 0 aliphatic heterocycles. The van der Waals surface area contributed by atoms with Crippen LogP contribution in [0.4, 0.5) is 4.79 Å². The van der Waals surface area contributed by atoms with Crippen LogP contribution in [0.2, 0.25) is 0 Å². The summed E-state index contributed by atoms with van der Waals surface area (Å²) in [5, 5.41) is 16.5. The van der Waals surface area contributed by atoms with Crippen molar-refractivity contribution in [1.82, 2.24) is 19.9 Å². The molecule has 0 aliphatic rings. The van der Waals surface area contributed by atoms with Gasteiger partial charge in [-0.1, -0.05) is 35.5 Å². The molecule has 0 bridgehead atoms. The van der Waals surface area contributed by atoms with Gasteiger partial charge in [0.05, 0.1) is 19.3 Å². The van der Waals surface area contributed by atoms with Crippen LogP contribution in [-0.4, -0.2) is 44.7 Å². The average Bonchev–Trinajstić information content (AvgIpc) is 2.99. The predicted octanol–water partition coefficient (Wildman–Crippen LogP) is 1.04. The number of likely N-dealkylation sites (N-methyl/N-ethyl adjacent to an activating group) is 1. The second kappa shape index (κ2) is 7.39. The Morgan fingerprint density at radius 2 is 2.14 bits per heavy atom. The van der Waals surface area contributed by atoms with Crippen molar-refractivity contribution in [2.75, 3.05) is 13.6 Å². The smallest absolute Gasteiger partial charge is 0.409 e. The van der Waals surface area contributed by atoms with Crippen LogP contribution in [0.15, 0.2) is 36.5 Å². The second-order valence-electron chi connectivity index (χ2n) is 4.59. The van der Waals surface area contributed by atoms with Gasteiger partial charge in [-0.2, -0.15) is 0 Å². The van der Waals surface area contributed by atoms with Crippen LogP contribution >= 0.6 is 0 Å². The van der Waals surface area contributed by atoms with Crippen molar-refractivity contribution >= 4 is 6.09 Å². The van der Waals surface area contributed by atoms with E-state index in [4.69, 9.17) is 9.84 Å². The van der Waals surface area contributed by atoms with Gasteiger partial charge in [-0.05, 0) is 5.56 Å². The maximum atomic E-state index is 11.8. The number of nitrogens with zero attached hydrogens (tertiary/aromatic N) is 4. The summed E-state index contributed by atoms with van der Waals surface area (Å²) in [6.07, 6.45) is 1.25. The third-order valence-electron chi connectivity index (χ3n) is 2.93. The lowest BCUT2D eigenvalue weighted by Crippen LogP contribution is -2.30. The number of amides is 1. The zero-order chi connectivity index (χ0) is 15.1. The summed E-state index contributed by atoms with van der Waals surface area (Å²) in [6.45, 7) is 1.04. The molecular weight excluding hydrogens is 272 g/mol. The van der Waals surface area contributed by atoms with E-state index >= 15 is 0 Å². The molecule has 7 heteroatoms. The fourth-order valence-corrected chi connectivity index (χ4v) is 1.69. The van der Waals surface area contributed by atoms with Crippen LogP contribution in [0.3, 0.4) is 0 Å². The van der Waals surface area contributed by atoms with Crippen LogP contribution in [-0.2, 0) is 24.5 Å². The number of rotatable bonds is 6. The molecule has 2 aromatic rings. The van der Waals surface area contributed by atoms with Crippen molar-refractivity contribution in [2.24, 2.45) is 0 Å². The Balaban J connectivity index is 1.74. The minimum absolute atomic E-state index is 0.144. The van der Waals surface area contributed by atoms with Gasteiger partial charge in [0.25, 0.3) is 0 Å². The number of carbonyl (C=O) groups is 1. The van der Waals surface area contributed by atoms with Crippen molar-refractivity contribution in [3.63, 3.8) is 0 Å². The van der Waals surface area contributed by atoms with Crippen LogP contribution in [0.25, 0.3) is 0 Å². The predicted molar refractivity (Wildman–Crippen MR) is 75.2 cm³/mol. The number of hydrogen-bond donors (Lipinski definition) is 1. The van der Waals surface area contributed by atoms with Gasteiger partial charge in [0.15, 0.2) is 0 Å². The molecule has 7 nitrogen and oxygen atoms in total. The number of benzene rings is 1. The third-order valence-corrected chi connectivity index (χ3v) is 2.93. The lowest BCUT2D eigenvalue weighted by Gasteiger charge is -2.16. The van der Waals surface area contributed by atoms with Crippen molar-refractivity contribution < 1.29 is 14.6 Å². The Hall–Kier alpha value is -2.41. The number of aliphatic hydroxyl groups excluding tert-OH is 1. The molecule has 1 heterocycles. The number of ether oxygens (including phenoxy) is 1. The first-order valence-electron chi connectivity index (χ1n) is 6.60. The van der Waals surface area contributed by atoms with Gasteiger partial charge in [0, 0.05) is 13.6 Å². The van der Waals surface area contributed by atoms with Crippen LogP contribution < -0.4 is 0 Å². The summed E-state index contributed by atoms with van der Waals surface area (Å²) in [5.41, 5.74) is 1.45. The Bertz CT molecular complexity index is 571. The molecule has 1 N–H and O–H groups in total. The summed E-state index contributed by atoms with van der Waals surface area (Å²) in [5.74, 6) is 0. The van der Waals surface area contributed by atoms with Crippen LogP contribution in [0, 0.1) is 0 Å². The molecular formula is C14H18N4O3. The Morgan fingerprint density at radius 3 is 2.81 bits per heavy atom. The molecule has 2 rings (SSSR count). The monoisotopic (exact) mass is 290 g/mol. The summed E-state index contributed by atoms with van der Waals surface area (Å²) in [4.78, 5) is 13.3. The van der Waals surface area contributed by atoms with E-state index in [1.54, 1.807) is 17.9 Å². The average molecular weight is 290 g/mol. The van der Waals surface area contributed by atoms with Crippen molar-refractivity contribution in [2.45, 2.75) is 19.8 Å². The third kappa shape index (κ3) is 4.57. The molecule has 0 aliphatic carbocycles. The van der Waals surface area contributed by atoms with Crippen molar-refractivity contribution in [3.8, 4) is 0 Å². The van der Waals surface area contributed by atoms with E-state index in [9.17, 15) is 4.79 Å². The molecule has 112 valence electrons. The van der Waals surface area contributed by atoms with Crippen LogP contribution in [0.5, 0.6) is 0 Å². The molecule has 21 heavy (non-hydrogen) atoms. The largest absolute Gasteiger partial charge is 0.445 e. The highest BCUT2D eigenvalue weighted by molar-refractivity contribution is 5.67. The Morgan fingerprint density at radius 1 is 1.38 bits per heavy atom. The highest BCUT2D eigenvalue weighted by Gasteiger charge is 2.10. The first-order valence-corrected chi connectivity index (χ1v) is 6.60. The fraction of sp³-hybridized carbons (Fsp3) is 0.357. The number of aliphatic hydroxyl groups is 1. The van der Waals surface area contributed by atoms with Gasteiger partial charge < -0.3 is 14.7 Å². The molecule has 0 atom stereocenters. The summed E-state index contributed by atoms with van der Waals surface area (Å²) in [7, 11) is 1.66. The van der Waals surface area contributed by atoms with Gasteiger partial charge >= 0.3 is 6.09 Å². The molecule has 1 amide bonds. The topological polar surface area (TPSA) is 80.5 Å². The van der Waals surface area contributed by atoms with Crippen molar-refractivity contribution in [1.29, 1.82) is 0 Å². The highest BCUT2D eigenvalue weighted by atomic mass is 16.6. The highest BCUT2D eigenvalue weighted by Crippen LogP contribution is 2.02. The summed E-state index contributed by atoms with van der Waals surface area (Å²) >= 11 is 0. The van der Waals surface area contributed by atoms with E-state index in [1.165, 1.54) is 4.90 Å². The lowest BCUT2D eigenvalue weighted by molar-refractivity contribution is 0.103. The van der Waals surface area contributed by atoms with E-state index in [2.05, 4.69) is 10.3 Å². The van der Waals surface area contributed by atoms with E-state index in [-0.39, 0.29) is 19.3 Å². The maximum Gasteiger partial charge on any atom is 0.409 e. The molecule has 0 spiro atoms. The van der Waals surface area contributed by atoms with Gasteiger partial charge in [-0.3, -0.25) is 4.68 Å². The Kier molecular flexibility index (Phi) is 5.28. The van der Waals surface area contributed by atoms with Gasteiger partial charge in [-0.25, -0.2) is 4.79 Å². The minimum Gasteiger partial charge on any atom is -0.445 e.